The van der Waals surface area contributed by atoms with Crippen molar-refractivity contribution in [1.82, 2.24) is 9.97 Å². The van der Waals surface area contributed by atoms with Gasteiger partial charge < -0.3 is 10.5 Å². The van der Waals surface area contributed by atoms with Gasteiger partial charge in [0.05, 0.1) is 7.11 Å². The third-order valence-electron chi connectivity index (χ3n) is 1.62. The van der Waals surface area contributed by atoms with E-state index in [2.05, 4.69) is 14.7 Å². The zero-order chi connectivity index (χ0) is 10.6. The van der Waals surface area contributed by atoms with Crippen molar-refractivity contribution < 1.29 is 9.53 Å². The third-order valence-corrected chi connectivity index (χ3v) is 1.80. The lowest BCUT2D eigenvalue weighted by atomic mass is 10.2. The van der Waals surface area contributed by atoms with Crippen LogP contribution in [0.4, 0.5) is 0 Å². The molecule has 0 aromatic carbocycles. The summed E-state index contributed by atoms with van der Waals surface area (Å²) in [5.41, 5.74) is 6.15. The van der Waals surface area contributed by atoms with E-state index in [0.29, 0.717) is 5.69 Å². The standard InChI is InChI=1S/C8H10ClN3O2/c1-14-7(13)6(10)4-5-2-3-11-8(9)12-5/h2-3,6H,4,10H2,1H3. The summed E-state index contributed by atoms with van der Waals surface area (Å²) in [6.45, 7) is 0. The molecule has 1 aromatic heterocycles. The summed E-state index contributed by atoms with van der Waals surface area (Å²) < 4.78 is 4.47. The van der Waals surface area contributed by atoms with E-state index in [4.69, 9.17) is 17.3 Å². The van der Waals surface area contributed by atoms with Crippen LogP contribution in [0.15, 0.2) is 12.3 Å². The Morgan fingerprint density at radius 3 is 3.07 bits per heavy atom. The number of ether oxygens (including phenoxy) is 1. The minimum atomic E-state index is -0.717. The van der Waals surface area contributed by atoms with Gasteiger partial charge in [-0.2, -0.15) is 0 Å². The number of hydrogen-bond donors (Lipinski definition) is 1. The Bertz CT molecular complexity index is 332. The quantitative estimate of drug-likeness (QED) is 0.575. The van der Waals surface area contributed by atoms with Crippen LogP contribution < -0.4 is 5.73 Å². The van der Waals surface area contributed by atoms with Crippen molar-refractivity contribution in [3.05, 3.63) is 23.2 Å². The van der Waals surface area contributed by atoms with E-state index >= 15 is 0 Å². The Hall–Kier alpha value is -1.20. The van der Waals surface area contributed by atoms with Crippen molar-refractivity contribution in [3.8, 4) is 0 Å². The largest absolute Gasteiger partial charge is 0.468 e. The molecule has 1 aromatic rings. The highest BCUT2D eigenvalue weighted by molar-refractivity contribution is 6.28. The molecule has 14 heavy (non-hydrogen) atoms. The molecule has 0 bridgehead atoms. The molecule has 1 unspecified atom stereocenters. The zero-order valence-electron chi connectivity index (χ0n) is 7.61. The molecule has 0 fully saturated rings. The molecule has 0 aliphatic heterocycles. The highest BCUT2D eigenvalue weighted by atomic mass is 35.5. The van der Waals surface area contributed by atoms with E-state index in [1.165, 1.54) is 13.3 Å². The Balaban J connectivity index is 2.64. The summed E-state index contributed by atoms with van der Waals surface area (Å²) in [7, 11) is 1.29. The molecular weight excluding hydrogens is 206 g/mol. The molecule has 0 spiro atoms. The van der Waals surface area contributed by atoms with Gasteiger partial charge in [0, 0.05) is 18.3 Å². The number of methoxy groups -OCH3 is 1. The van der Waals surface area contributed by atoms with Crippen LogP contribution in [0.25, 0.3) is 0 Å². The smallest absolute Gasteiger partial charge is 0.323 e. The predicted molar refractivity (Wildman–Crippen MR) is 50.7 cm³/mol. The molecule has 2 N–H and O–H groups in total. The number of esters is 1. The van der Waals surface area contributed by atoms with Gasteiger partial charge in [-0.25, -0.2) is 9.97 Å². The van der Waals surface area contributed by atoms with E-state index in [9.17, 15) is 4.79 Å². The van der Waals surface area contributed by atoms with Gasteiger partial charge in [0.15, 0.2) is 0 Å². The molecule has 0 aliphatic carbocycles. The average Bonchev–Trinajstić information content (AvgIpc) is 2.16. The lowest BCUT2D eigenvalue weighted by molar-refractivity contribution is -0.142. The molecule has 0 aliphatic rings. The van der Waals surface area contributed by atoms with E-state index in [-0.39, 0.29) is 11.7 Å². The van der Waals surface area contributed by atoms with E-state index < -0.39 is 12.0 Å². The number of rotatable bonds is 3. The van der Waals surface area contributed by atoms with Gasteiger partial charge in [0.25, 0.3) is 0 Å². The number of halogens is 1. The van der Waals surface area contributed by atoms with Crippen molar-refractivity contribution in [2.45, 2.75) is 12.5 Å². The maximum Gasteiger partial charge on any atom is 0.323 e. The van der Waals surface area contributed by atoms with Crippen LogP contribution in [-0.2, 0) is 16.0 Å². The highest BCUT2D eigenvalue weighted by Gasteiger charge is 2.14. The first-order chi connectivity index (χ1) is 6.63. The van der Waals surface area contributed by atoms with Crippen LogP contribution in [0.2, 0.25) is 5.28 Å². The first-order valence-corrected chi connectivity index (χ1v) is 4.32. The molecule has 1 rings (SSSR count). The fraction of sp³-hybridized carbons (Fsp3) is 0.375. The molecule has 1 heterocycles. The van der Waals surface area contributed by atoms with Crippen LogP contribution >= 0.6 is 11.6 Å². The number of aromatic nitrogens is 2. The van der Waals surface area contributed by atoms with Crippen molar-refractivity contribution in [2.24, 2.45) is 5.73 Å². The maximum atomic E-state index is 11.0. The van der Waals surface area contributed by atoms with E-state index in [0.717, 1.165) is 0 Å². The molecule has 0 amide bonds. The van der Waals surface area contributed by atoms with Gasteiger partial charge in [0.1, 0.15) is 6.04 Å². The van der Waals surface area contributed by atoms with E-state index in [1.54, 1.807) is 6.07 Å². The van der Waals surface area contributed by atoms with Crippen LogP contribution in [0.1, 0.15) is 5.69 Å². The summed E-state index contributed by atoms with van der Waals surface area (Å²) in [6, 6.07) is 0.931. The third kappa shape index (κ3) is 2.93. The van der Waals surface area contributed by atoms with Crippen molar-refractivity contribution in [3.63, 3.8) is 0 Å². The Morgan fingerprint density at radius 2 is 2.50 bits per heavy atom. The van der Waals surface area contributed by atoms with Crippen LogP contribution in [0.5, 0.6) is 0 Å². The Kier molecular flexibility index (Phi) is 3.79. The molecule has 1 atom stereocenters. The van der Waals surface area contributed by atoms with Gasteiger partial charge in [-0.3, -0.25) is 4.79 Å². The maximum absolute atomic E-state index is 11.0. The van der Waals surface area contributed by atoms with Crippen molar-refractivity contribution >= 4 is 17.6 Å². The number of hydrogen-bond acceptors (Lipinski definition) is 5. The number of carbonyl (C=O) groups is 1. The first kappa shape index (κ1) is 10.9. The second kappa shape index (κ2) is 4.88. The molecule has 0 saturated heterocycles. The zero-order valence-corrected chi connectivity index (χ0v) is 8.36. The van der Waals surface area contributed by atoms with Gasteiger partial charge >= 0.3 is 5.97 Å². The van der Waals surface area contributed by atoms with Crippen LogP contribution in [0.3, 0.4) is 0 Å². The fourth-order valence-corrected chi connectivity index (χ4v) is 1.11. The second-order valence-corrected chi connectivity index (χ2v) is 2.99. The first-order valence-electron chi connectivity index (χ1n) is 3.94. The molecule has 0 saturated carbocycles. The lowest BCUT2D eigenvalue weighted by Crippen LogP contribution is -2.33. The molecular formula is C8H10ClN3O2. The van der Waals surface area contributed by atoms with Crippen LogP contribution in [0, 0.1) is 0 Å². The average molecular weight is 216 g/mol. The Morgan fingerprint density at radius 1 is 1.79 bits per heavy atom. The minimum absolute atomic E-state index is 0.138. The second-order valence-electron chi connectivity index (χ2n) is 2.65. The van der Waals surface area contributed by atoms with Gasteiger partial charge in [-0.1, -0.05) is 0 Å². The topological polar surface area (TPSA) is 78.1 Å². The number of nitrogens with zero attached hydrogens (tertiary/aromatic N) is 2. The number of nitrogens with two attached hydrogens (primary N) is 1. The molecule has 0 radical (unpaired) electrons. The van der Waals surface area contributed by atoms with Gasteiger partial charge in [-0.05, 0) is 17.7 Å². The summed E-state index contributed by atoms with van der Waals surface area (Å²) >= 11 is 5.56. The van der Waals surface area contributed by atoms with E-state index in [1.807, 2.05) is 0 Å². The number of carbonyl (C=O) groups excluding carboxylic acids is 1. The summed E-state index contributed by atoms with van der Waals surface area (Å²) in [5.74, 6) is -0.472. The summed E-state index contributed by atoms with van der Waals surface area (Å²) in [4.78, 5) is 18.6. The lowest BCUT2D eigenvalue weighted by Gasteiger charge is -2.07. The van der Waals surface area contributed by atoms with Gasteiger partial charge in [0.2, 0.25) is 5.28 Å². The van der Waals surface area contributed by atoms with Crippen molar-refractivity contribution in [1.29, 1.82) is 0 Å². The van der Waals surface area contributed by atoms with Crippen molar-refractivity contribution in [2.75, 3.05) is 7.11 Å². The fourth-order valence-electron chi connectivity index (χ4n) is 0.943. The monoisotopic (exact) mass is 215 g/mol. The summed E-state index contributed by atoms with van der Waals surface area (Å²) in [6.07, 6.45) is 1.80. The van der Waals surface area contributed by atoms with Gasteiger partial charge in [-0.15, -0.1) is 0 Å². The minimum Gasteiger partial charge on any atom is -0.468 e. The highest BCUT2D eigenvalue weighted by Crippen LogP contribution is 2.03. The SMILES string of the molecule is COC(=O)C(N)Cc1ccnc(Cl)n1. The molecule has 6 heteroatoms. The molecule has 76 valence electrons. The predicted octanol–water partition coefficient (Wildman–Crippen LogP) is 0.173. The summed E-state index contributed by atoms with van der Waals surface area (Å²) in [5, 5.41) is 0.138. The molecule has 5 nitrogen and oxygen atoms in total. The van der Waals surface area contributed by atoms with Crippen LogP contribution in [-0.4, -0.2) is 29.1 Å². The normalized spacial score (nSPS) is 12.2. The Labute approximate surface area is 86.2 Å².